The number of fused-ring (bicyclic) bond motifs is 1. The smallest absolute Gasteiger partial charge is 0.410 e. The number of piperazine rings is 1. The molecule has 2 saturated heterocycles. The zero-order valence-corrected chi connectivity index (χ0v) is 18.4. The van der Waals surface area contributed by atoms with Gasteiger partial charge in [-0.2, -0.15) is 5.10 Å². The van der Waals surface area contributed by atoms with Gasteiger partial charge in [-0.25, -0.2) is 4.79 Å². The van der Waals surface area contributed by atoms with Crippen LogP contribution in [-0.2, 0) is 15.9 Å². The van der Waals surface area contributed by atoms with Gasteiger partial charge in [-0.1, -0.05) is 0 Å². The number of aryl methyl sites for hydroxylation is 1. The average molecular weight is 424 g/mol. The molecule has 2 aromatic rings. The maximum absolute atomic E-state index is 12.3. The van der Waals surface area contributed by atoms with E-state index in [2.05, 4.69) is 54.1 Å². The summed E-state index contributed by atoms with van der Waals surface area (Å²) in [6.45, 7) is 10.2. The highest BCUT2D eigenvalue weighted by Crippen LogP contribution is 2.37. The van der Waals surface area contributed by atoms with E-state index in [9.17, 15) is 4.79 Å². The van der Waals surface area contributed by atoms with E-state index in [0.29, 0.717) is 32.3 Å². The number of nitrogens with zero attached hydrogens (tertiary/aromatic N) is 5. The number of pyridine rings is 1. The average Bonchev–Trinajstić information content (AvgIpc) is 3.34. The molecule has 0 aromatic carbocycles. The molecule has 1 aliphatic carbocycles. The number of carbonyl (C=O) groups is 1. The Balaban J connectivity index is 1.31. The zero-order chi connectivity index (χ0) is 21.5. The van der Waals surface area contributed by atoms with Crippen LogP contribution in [0.2, 0.25) is 0 Å². The summed E-state index contributed by atoms with van der Waals surface area (Å²) in [4.78, 5) is 21.1. The molecule has 0 radical (unpaired) electrons. The van der Waals surface area contributed by atoms with Gasteiger partial charge in [0.25, 0.3) is 0 Å². The molecule has 31 heavy (non-hydrogen) atoms. The van der Waals surface area contributed by atoms with Crippen LogP contribution in [0.3, 0.4) is 0 Å². The van der Waals surface area contributed by atoms with Gasteiger partial charge < -0.3 is 19.3 Å². The highest BCUT2D eigenvalue weighted by Gasteiger charge is 2.29. The number of anilines is 1. The minimum Gasteiger partial charge on any atom is -0.441 e. The topological polar surface area (TPSA) is 72.7 Å². The Bertz CT molecular complexity index is 1020. The van der Waals surface area contributed by atoms with E-state index in [4.69, 9.17) is 9.47 Å². The number of ether oxygens (including phenoxy) is 2. The molecule has 0 saturated carbocycles. The van der Waals surface area contributed by atoms with Crippen molar-refractivity contribution in [2.24, 2.45) is 0 Å². The number of hydrogen-bond acceptors (Lipinski definition) is 6. The lowest BCUT2D eigenvalue weighted by Crippen LogP contribution is -2.51. The molecule has 164 valence electrons. The fourth-order valence-electron chi connectivity index (χ4n) is 4.35. The molecule has 2 aliphatic heterocycles. The molecule has 8 nitrogen and oxygen atoms in total. The van der Waals surface area contributed by atoms with Crippen LogP contribution >= 0.6 is 0 Å². The van der Waals surface area contributed by atoms with Crippen LogP contribution in [0.5, 0.6) is 0 Å². The second-order valence-electron chi connectivity index (χ2n) is 8.76. The third-order valence-corrected chi connectivity index (χ3v) is 6.27. The van der Waals surface area contributed by atoms with Gasteiger partial charge in [-0.05, 0) is 38.5 Å². The molecule has 0 atom stereocenters. The molecule has 8 heteroatoms. The van der Waals surface area contributed by atoms with Crippen LogP contribution in [-0.4, -0.2) is 71.3 Å². The van der Waals surface area contributed by atoms with Gasteiger partial charge in [0.05, 0.1) is 24.6 Å². The standard InChI is InChI=1S/C23H29N5O3/c1-15(2)28-12-20(16(3)25-28)17-10-19-21(11-17)24-5-4-22(19)26-6-8-27(9-7-26)23(29)31-18-13-30-14-18/h4-5,10,12,15,18H,6-9,11,13-14H2,1-3H3. The molecule has 0 spiro atoms. The van der Waals surface area contributed by atoms with Gasteiger partial charge in [0.2, 0.25) is 0 Å². The minimum absolute atomic E-state index is 0.0823. The van der Waals surface area contributed by atoms with Gasteiger partial charge in [0.15, 0.2) is 6.10 Å². The first kappa shape index (κ1) is 20.1. The molecule has 4 heterocycles. The van der Waals surface area contributed by atoms with Gasteiger partial charge in [-0.3, -0.25) is 9.67 Å². The number of amides is 1. The summed E-state index contributed by atoms with van der Waals surface area (Å²) in [5, 5.41) is 4.67. The van der Waals surface area contributed by atoms with Crippen molar-refractivity contribution in [3.63, 3.8) is 0 Å². The first-order chi connectivity index (χ1) is 15.0. The molecule has 0 bridgehead atoms. The van der Waals surface area contributed by atoms with Crippen molar-refractivity contribution in [1.29, 1.82) is 0 Å². The summed E-state index contributed by atoms with van der Waals surface area (Å²) in [5.74, 6) is 0. The maximum Gasteiger partial charge on any atom is 0.410 e. The van der Waals surface area contributed by atoms with E-state index < -0.39 is 0 Å². The van der Waals surface area contributed by atoms with Crippen molar-refractivity contribution >= 4 is 23.4 Å². The minimum atomic E-state index is -0.229. The Morgan fingerprint density at radius 1 is 1.23 bits per heavy atom. The predicted octanol–water partition coefficient (Wildman–Crippen LogP) is 2.92. The first-order valence-electron chi connectivity index (χ1n) is 11.0. The van der Waals surface area contributed by atoms with Gasteiger partial charge >= 0.3 is 6.09 Å². The van der Waals surface area contributed by atoms with Gasteiger partial charge in [0, 0.05) is 67.8 Å². The van der Waals surface area contributed by atoms with E-state index in [-0.39, 0.29) is 12.2 Å². The quantitative estimate of drug-likeness (QED) is 0.753. The van der Waals surface area contributed by atoms with Gasteiger partial charge in [0.1, 0.15) is 0 Å². The summed E-state index contributed by atoms with van der Waals surface area (Å²) < 4.78 is 12.6. The largest absolute Gasteiger partial charge is 0.441 e. The van der Waals surface area contributed by atoms with Crippen LogP contribution in [0, 0.1) is 6.92 Å². The summed E-state index contributed by atoms with van der Waals surface area (Å²) >= 11 is 0. The molecule has 5 rings (SSSR count). The van der Waals surface area contributed by atoms with Crippen molar-refractivity contribution in [3.8, 4) is 0 Å². The number of aromatic nitrogens is 3. The number of hydrogen-bond donors (Lipinski definition) is 0. The summed E-state index contributed by atoms with van der Waals surface area (Å²) in [6, 6.07) is 2.42. The van der Waals surface area contributed by atoms with Crippen molar-refractivity contribution in [3.05, 3.63) is 41.0 Å². The third kappa shape index (κ3) is 3.80. The molecular weight excluding hydrogens is 394 g/mol. The van der Waals surface area contributed by atoms with Crippen molar-refractivity contribution in [2.45, 2.75) is 39.3 Å². The Morgan fingerprint density at radius 3 is 2.65 bits per heavy atom. The molecular formula is C23H29N5O3. The third-order valence-electron chi connectivity index (χ3n) is 6.27. The Kier molecular flexibility index (Phi) is 5.17. The van der Waals surface area contributed by atoms with Crippen LogP contribution < -0.4 is 4.90 Å². The van der Waals surface area contributed by atoms with Crippen LogP contribution in [0.4, 0.5) is 10.5 Å². The van der Waals surface area contributed by atoms with Crippen LogP contribution in [0.25, 0.3) is 11.6 Å². The van der Waals surface area contributed by atoms with Crippen molar-refractivity contribution in [1.82, 2.24) is 19.7 Å². The lowest BCUT2D eigenvalue weighted by Gasteiger charge is -2.37. The van der Waals surface area contributed by atoms with Gasteiger partial charge in [-0.15, -0.1) is 0 Å². The fourth-order valence-corrected chi connectivity index (χ4v) is 4.35. The molecule has 3 aliphatic rings. The predicted molar refractivity (Wildman–Crippen MR) is 118 cm³/mol. The highest BCUT2D eigenvalue weighted by molar-refractivity contribution is 5.92. The molecule has 0 N–H and O–H groups in total. The molecule has 2 aromatic heterocycles. The lowest BCUT2D eigenvalue weighted by molar-refractivity contribution is -0.104. The van der Waals surface area contributed by atoms with E-state index in [1.54, 1.807) is 4.90 Å². The fraction of sp³-hybridized carbons (Fsp3) is 0.522. The first-order valence-corrected chi connectivity index (χ1v) is 11.0. The monoisotopic (exact) mass is 423 g/mol. The van der Waals surface area contributed by atoms with E-state index >= 15 is 0 Å². The molecule has 0 unspecified atom stereocenters. The highest BCUT2D eigenvalue weighted by atomic mass is 16.6. The number of rotatable bonds is 4. The van der Waals surface area contributed by atoms with Crippen molar-refractivity contribution < 1.29 is 14.3 Å². The second-order valence-corrected chi connectivity index (χ2v) is 8.76. The normalized spacial score (nSPS) is 18.8. The molecule has 1 amide bonds. The summed E-state index contributed by atoms with van der Waals surface area (Å²) in [7, 11) is 0. The summed E-state index contributed by atoms with van der Waals surface area (Å²) in [5.41, 5.74) is 7.01. The number of allylic oxidation sites excluding steroid dienone is 1. The zero-order valence-electron chi connectivity index (χ0n) is 18.4. The van der Waals surface area contributed by atoms with Crippen LogP contribution in [0.15, 0.2) is 18.5 Å². The second kappa shape index (κ2) is 8.00. The van der Waals surface area contributed by atoms with E-state index in [0.717, 1.165) is 30.9 Å². The summed E-state index contributed by atoms with van der Waals surface area (Å²) in [6.07, 6.45) is 6.82. The van der Waals surface area contributed by atoms with E-state index in [1.807, 2.05) is 10.9 Å². The molecule has 2 fully saturated rings. The maximum atomic E-state index is 12.3. The van der Waals surface area contributed by atoms with Crippen molar-refractivity contribution in [2.75, 3.05) is 44.3 Å². The Labute approximate surface area is 182 Å². The Morgan fingerprint density at radius 2 is 2.00 bits per heavy atom. The SMILES string of the molecule is Cc1nn(C(C)C)cc1C1=Cc2c(N3CCN(C(=O)OC4COC4)CC3)ccnc2C1. The Hall–Kier alpha value is -2.87. The number of carbonyl (C=O) groups excluding carboxylic acids is 1. The van der Waals surface area contributed by atoms with E-state index in [1.165, 1.54) is 22.4 Å². The van der Waals surface area contributed by atoms with Crippen LogP contribution in [0.1, 0.15) is 42.4 Å². The lowest BCUT2D eigenvalue weighted by atomic mass is 10.1.